The van der Waals surface area contributed by atoms with Crippen molar-refractivity contribution >= 4 is 17.6 Å². The van der Waals surface area contributed by atoms with Crippen molar-refractivity contribution < 1.29 is 14.3 Å². The summed E-state index contributed by atoms with van der Waals surface area (Å²) in [6, 6.07) is 3.23. The van der Waals surface area contributed by atoms with Crippen LogP contribution in [-0.2, 0) is 4.79 Å². The van der Waals surface area contributed by atoms with Gasteiger partial charge in [-0.15, -0.1) is 0 Å². The van der Waals surface area contributed by atoms with Crippen LogP contribution in [-0.4, -0.2) is 17.1 Å². The second-order valence-corrected chi connectivity index (χ2v) is 5.73. The predicted octanol–water partition coefficient (Wildman–Crippen LogP) is 3.92. The van der Waals surface area contributed by atoms with Crippen LogP contribution in [0.15, 0.2) is 18.2 Å². The molecule has 0 saturated heterocycles. The standard InChI is InChI=1S/C15H19ClFNO2/c16-10-7-8-12(13(17)9-10)14(15(19)20)18-11-5-3-1-2-4-6-11/h7-9,11,14,18H,1-6H2,(H,19,20). The van der Waals surface area contributed by atoms with Crippen molar-refractivity contribution in [2.75, 3.05) is 0 Å². The monoisotopic (exact) mass is 299 g/mol. The zero-order valence-electron chi connectivity index (χ0n) is 11.2. The number of nitrogens with one attached hydrogen (secondary N) is 1. The molecule has 1 unspecified atom stereocenters. The SMILES string of the molecule is O=C(O)C(NC1CCCCCC1)c1ccc(Cl)cc1F. The lowest BCUT2D eigenvalue weighted by atomic mass is 10.0. The van der Waals surface area contributed by atoms with E-state index in [1.165, 1.54) is 25.0 Å². The Morgan fingerprint density at radius 2 is 1.95 bits per heavy atom. The molecule has 1 fully saturated rings. The molecule has 0 aromatic heterocycles. The van der Waals surface area contributed by atoms with E-state index in [4.69, 9.17) is 11.6 Å². The molecule has 0 heterocycles. The highest BCUT2D eigenvalue weighted by Crippen LogP contribution is 2.24. The van der Waals surface area contributed by atoms with Gasteiger partial charge in [0.2, 0.25) is 0 Å². The molecule has 1 aliphatic carbocycles. The van der Waals surface area contributed by atoms with Crippen LogP contribution in [0.1, 0.15) is 50.1 Å². The summed E-state index contributed by atoms with van der Waals surface area (Å²) in [5.74, 6) is -1.64. The molecule has 1 atom stereocenters. The van der Waals surface area contributed by atoms with E-state index >= 15 is 0 Å². The fraction of sp³-hybridized carbons (Fsp3) is 0.533. The minimum absolute atomic E-state index is 0.133. The normalized spacial score (nSPS) is 18.5. The molecule has 0 aliphatic heterocycles. The van der Waals surface area contributed by atoms with Crippen molar-refractivity contribution in [2.24, 2.45) is 0 Å². The van der Waals surface area contributed by atoms with E-state index in [-0.39, 0.29) is 16.6 Å². The van der Waals surface area contributed by atoms with Gasteiger partial charge in [0.25, 0.3) is 0 Å². The van der Waals surface area contributed by atoms with Gasteiger partial charge in [-0.25, -0.2) is 4.39 Å². The van der Waals surface area contributed by atoms with Crippen LogP contribution < -0.4 is 5.32 Å². The first kappa shape index (κ1) is 15.3. The first-order valence-corrected chi connectivity index (χ1v) is 7.39. The van der Waals surface area contributed by atoms with Crippen molar-refractivity contribution in [3.63, 3.8) is 0 Å². The third kappa shape index (κ3) is 3.93. The molecule has 1 aromatic carbocycles. The molecule has 0 spiro atoms. The highest BCUT2D eigenvalue weighted by atomic mass is 35.5. The third-order valence-corrected chi connectivity index (χ3v) is 4.01. The van der Waals surface area contributed by atoms with E-state index < -0.39 is 17.8 Å². The van der Waals surface area contributed by atoms with Gasteiger partial charge in [0, 0.05) is 16.6 Å². The van der Waals surface area contributed by atoms with Gasteiger partial charge in [0.1, 0.15) is 11.9 Å². The molecule has 0 bridgehead atoms. The van der Waals surface area contributed by atoms with Crippen LogP contribution in [0.5, 0.6) is 0 Å². The molecule has 1 aromatic rings. The van der Waals surface area contributed by atoms with Crippen LogP contribution >= 0.6 is 11.6 Å². The highest BCUT2D eigenvalue weighted by molar-refractivity contribution is 6.30. The Morgan fingerprint density at radius 1 is 1.30 bits per heavy atom. The number of hydrogen-bond donors (Lipinski definition) is 2. The van der Waals surface area contributed by atoms with Crippen LogP contribution in [0.25, 0.3) is 0 Å². The molecule has 1 saturated carbocycles. The lowest BCUT2D eigenvalue weighted by molar-refractivity contribution is -0.140. The number of carbonyl (C=O) groups is 1. The summed E-state index contributed by atoms with van der Waals surface area (Å²) in [5, 5.41) is 12.7. The number of rotatable bonds is 4. The van der Waals surface area contributed by atoms with Crippen molar-refractivity contribution in [2.45, 2.75) is 50.6 Å². The number of carboxylic acid groups (broad SMARTS) is 1. The van der Waals surface area contributed by atoms with E-state index in [0.29, 0.717) is 0 Å². The Hall–Kier alpha value is -1.13. The van der Waals surface area contributed by atoms with Gasteiger partial charge in [-0.3, -0.25) is 10.1 Å². The van der Waals surface area contributed by atoms with E-state index in [2.05, 4.69) is 5.32 Å². The van der Waals surface area contributed by atoms with E-state index in [9.17, 15) is 14.3 Å². The average Bonchev–Trinajstić information content (AvgIpc) is 2.65. The lowest BCUT2D eigenvalue weighted by Crippen LogP contribution is -2.37. The number of carboxylic acids is 1. The fourth-order valence-electron chi connectivity index (χ4n) is 2.71. The van der Waals surface area contributed by atoms with Crippen molar-refractivity contribution in [3.8, 4) is 0 Å². The molecule has 3 nitrogen and oxygen atoms in total. The van der Waals surface area contributed by atoms with Crippen LogP contribution in [0, 0.1) is 5.82 Å². The van der Waals surface area contributed by atoms with Crippen molar-refractivity contribution in [1.82, 2.24) is 5.32 Å². The van der Waals surface area contributed by atoms with Gasteiger partial charge in [-0.05, 0) is 25.0 Å². The first-order valence-electron chi connectivity index (χ1n) is 7.01. The molecule has 2 rings (SSSR count). The summed E-state index contributed by atoms with van der Waals surface area (Å²) in [4.78, 5) is 11.4. The molecular formula is C15H19ClFNO2. The summed E-state index contributed by atoms with van der Waals surface area (Å²) in [7, 11) is 0. The smallest absolute Gasteiger partial charge is 0.325 e. The maximum Gasteiger partial charge on any atom is 0.325 e. The summed E-state index contributed by atoms with van der Waals surface area (Å²) in [6.07, 6.45) is 6.44. The van der Waals surface area contributed by atoms with Gasteiger partial charge in [0.15, 0.2) is 0 Å². The van der Waals surface area contributed by atoms with Crippen LogP contribution in [0.4, 0.5) is 4.39 Å². The Labute approximate surface area is 123 Å². The molecule has 110 valence electrons. The summed E-state index contributed by atoms with van der Waals surface area (Å²) in [6.45, 7) is 0. The lowest BCUT2D eigenvalue weighted by Gasteiger charge is -2.22. The number of hydrogen-bond acceptors (Lipinski definition) is 2. The number of halogens is 2. The topological polar surface area (TPSA) is 49.3 Å². The van der Waals surface area contributed by atoms with E-state index in [1.54, 1.807) is 0 Å². The minimum Gasteiger partial charge on any atom is -0.480 e. The van der Waals surface area contributed by atoms with Gasteiger partial charge >= 0.3 is 5.97 Å². The van der Waals surface area contributed by atoms with Crippen LogP contribution in [0.2, 0.25) is 5.02 Å². The summed E-state index contributed by atoms with van der Waals surface area (Å²) >= 11 is 5.71. The second kappa shape index (κ2) is 7.04. The predicted molar refractivity (Wildman–Crippen MR) is 76.4 cm³/mol. The molecule has 0 amide bonds. The highest BCUT2D eigenvalue weighted by Gasteiger charge is 2.26. The quantitative estimate of drug-likeness (QED) is 0.829. The van der Waals surface area contributed by atoms with Crippen molar-refractivity contribution in [1.29, 1.82) is 0 Å². The van der Waals surface area contributed by atoms with Gasteiger partial charge in [-0.2, -0.15) is 0 Å². The van der Waals surface area contributed by atoms with Crippen molar-refractivity contribution in [3.05, 3.63) is 34.6 Å². The van der Waals surface area contributed by atoms with Crippen LogP contribution in [0.3, 0.4) is 0 Å². The molecule has 20 heavy (non-hydrogen) atoms. The molecule has 2 N–H and O–H groups in total. The number of benzene rings is 1. The Bertz CT molecular complexity index is 473. The molecule has 5 heteroatoms. The van der Waals surface area contributed by atoms with Gasteiger partial charge in [-0.1, -0.05) is 43.4 Å². The van der Waals surface area contributed by atoms with Gasteiger partial charge in [0.05, 0.1) is 0 Å². The zero-order chi connectivity index (χ0) is 14.5. The third-order valence-electron chi connectivity index (χ3n) is 3.78. The Kier molecular flexibility index (Phi) is 5.38. The fourth-order valence-corrected chi connectivity index (χ4v) is 2.87. The summed E-state index contributed by atoms with van der Waals surface area (Å²) < 4.78 is 13.9. The molecular weight excluding hydrogens is 281 g/mol. The largest absolute Gasteiger partial charge is 0.480 e. The summed E-state index contributed by atoms with van der Waals surface area (Å²) in [5.41, 5.74) is 0.145. The molecule has 1 aliphatic rings. The average molecular weight is 300 g/mol. The first-order chi connectivity index (χ1) is 9.58. The Morgan fingerprint density at radius 3 is 2.50 bits per heavy atom. The van der Waals surface area contributed by atoms with E-state index in [0.717, 1.165) is 31.7 Å². The maximum absolute atomic E-state index is 13.9. The molecule has 0 radical (unpaired) electrons. The maximum atomic E-state index is 13.9. The Balaban J connectivity index is 2.15. The van der Waals surface area contributed by atoms with E-state index in [1.807, 2.05) is 0 Å². The second-order valence-electron chi connectivity index (χ2n) is 5.29. The number of aliphatic carboxylic acids is 1. The zero-order valence-corrected chi connectivity index (χ0v) is 12.0. The minimum atomic E-state index is -1.06. The van der Waals surface area contributed by atoms with Gasteiger partial charge < -0.3 is 5.11 Å².